The Hall–Kier alpha value is -5.54. The van der Waals surface area contributed by atoms with Crippen LogP contribution in [0.4, 0.5) is 30.3 Å². The predicted octanol–water partition coefficient (Wildman–Crippen LogP) is 7.25. The fourth-order valence-corrected chi connectivity index (χ4v) is 5.87. The van der Waals surface area contributed by atoms with Gasteiger partial charge in [0.15, 0.2) is 28.5 Å². The van der Waals surface area contributed by atoms with Gasteiger partial charge in [-0.05, 0) is 105 Å². The second-order valence-corrected chi connectivity index (χ2v) is 16.0. The summed E-state index contributed by atoms with van der Waals surface area (Å²) in [4.78, 5) is 60.5. The fourth-order valence-electron chi connectivity index (χ4n) is 5.87. The maximum atomic E-state index is 14.8. The number of carbonyl (C=O) groups is 3. The highest BCUT2D eigenvalue weighted by Crippen LogP contribution is 2.32. The topological polar surface area (TPSA) is 163 Å². The van der Waals surface area contributed by atoms with Crippen molar-refractivity contribution in [2.24, 2.45) is 0 Å². The summed E-state index contributed by atoms with van der Waals surface area (Å²) in [5.41, 5.74) is 0.587. The van der Waals surface area contributed by atoms with Gasteiger partial charge in [-0.3, -0.25) is 4.98 Å². The molecule has 1 atom stereocenters. The van der Waals surface area contributed by atoms with Gasteiger partial charge in [0.05, 0.1) is 37.6 Å². The molecule has 290 valence electrons. The summed E-state index contributed by atoms with van der Waals surface area (Å²) >= 11 is 0. The molecule has 0 unspecified atom stereocenters. The van der Waals surface area contributed by atoms with E-state index in [0.717, 1.165) is 29.0 Å². The van der Waals surface area contributed by atoms with Crippen molar-refractivity contribution >= 4 is 40.9 Å². The standard InChI is InChI=1S/C38H49FN8O7/c1-36(2,3)52-33(48)44-25-12-11-15-45(20-25)28-18-40-27(23-13-14-29(51-10)26(39)16-23)17-24(28)19-46-22-43-30-31(46)41-21-42-32(30)47(34(49)53-37(4,5)6)35(50)54-38(7,8)9/h13-14,16-18,21-22,25H,11-12,15,19-20H2,1-10H3,(H,44,48)/t25-/m1/s1. The summed E-state index contributed by atoms with van der Waals surface area (Å²) in [5, 5.41) is 2.99. The normalized spacial score (nSPS) is 15.1. The quantitative estimate of drug-likeness (QED) is 0.189. The Morgan fingerprint density at radius 1 is 0.907 bits per heavy atom. The lowest BCUT2D eigenvalue weighted by Crippen LogP contribution is -2.49. The summed E-state index contributed by atoms with van der Waals surface area (Å²) in [7, 11) is 1.40. The van der Waals surface area contributed by atoms with Crippen molar-refractivity contribution in [3.63, 3.8) is 0 Å². The maximum absolute atomic E-state index is 14.8. The third-order valence-corrected chi connectivity index (χ3v) is 7.98. The molecule has 4 heterocycles. The van der Waals surface area contributed by atoms with Crippen LogP contribution in [0.2, 0.25) is 0 Å². The minimum Gasteiger partial charge on any atom is -0.494 e. The number of nitrogens with one attached hydrogen (secondary N) is 1. The molecule has 54 heavy (non-hydrogen) atoms. The van der Waals surface area contributed by atoms with Crippen LogP contribution in [0.15, 0.2) is 43.1 Å². The van der Waals surface area contributed by atoms with Crippen LogP contribution in [0.1, 0.15) is 80.7 Å². The van der Waals surface area contributed by atoms with Gasteiger partial charge in [0.2, 0.25) is 0 Å². The number of piperidine rings is 1. The van der Waals surface area contributed by atoms with Crippen molar-refractivity contribution < 1.29 is 37.7 Å². The largest absolute Gasteiger partial charge is 0.494 e. The highest BCUT2D eigenvalue weighted by atomic mass is 19.1. The number of methoxy groups -OCH3 is 1. The molecule has 1 fully saturated rings. The van der Waals surface area contributed by atoms with Gasteiger partial charge in [-0.25, -0.2) is 33.7 Å². The van der Waals surface area contributed by atoms with Crippen LogP contribution in [-0.4, -0.2) is 85.8 Å². The zero-order chi connectivity index (χ0) is 39.6. The summed E-state index contributed by atoms with van der Waals surface area (Å²) in [6.45, 7) is 16.9. The van der Waals surface area contributed by atoms with E-state index in [4.69, 9.17) is 23.9 Å². The molecule has 1 aliphatic heterocycles. The summed E-state index contributed by atoms with van der Waals surface area (Å²) in [6, 6.07) is 6.31. The number of aromatic nitrogens is 5. The molecule has 1 aliphatic rings. The van der Waals surface area contributed by atoms with Gasteiger partial charge in [-0.1, -0.05) is 0 Å². The number of ether oxygens (including phenoxy) is 4. The van der Waals surface area contributed by atoms with Crippen molar-refractivity contribution in [3.05, 3.63) is 54.5 Å². The van der Waals surface area contributed by atoms with E-state index in [1.165, 1.54) is 25.8 Å². The molecular formula is C38H49FN8O7. The van der Waals surface area contributed by atoms with Crippen LogP contribution in [-0.2, 0) is 20.8 Å². The Balaban J connectivity index is 1.55. The number of fused-ring (bicyclic) bond motifs is 1. The number of anilines is 2. The molecule has 3 amide bonds. The molecule has 0 saturated carbocycles. The number of amides is 3. The number of imidazole rings is 1. The maximum Gasteiger partial charge on any atom is 0.425 e. The van der Waals surface area contributed by atoms with E-state index in [-0.39, 0.29) is 29.7 Å². The molecular weight excluding hydrogens is 699 g/mol. The Labute approximate surface area is 314 Å². The van der Waals surface area contributed by atoms with E-state index >= 15 is 0 Å². The van der Waals surface area contributed by atoms with Crippen LogP contribution in [0.5, 0.6) is 5.75 Å². The number of nitrogens with zero attached hydrogens (tertiary/aromatic N) is 7. The molecule has 0 bridgehead atoms. The SMILES string of the molecule is COc1ccc(-c2cc(Cn3cnc4c(N(C(=O)OC(C)(C)C)C(=O)OC(C)(C)C)ncnc43)c(N3CCC[C@@H](NC(=O)OC(C)(C)C)C3)cn2)cc1F. The average molecular weight is 749 g/mol. The second kappa shape index (κ2) is 15.4. The van der Waals surface area contributed by atoms with E-state index in [1.54, 1.807) is 64.4 Å². The van der Waals surface area contributed by atoms with E-state index in [2.05, 4.69) is 25.2 Å². The zero-order valence-electron chi connectivity index (χ0n) is 32.5. The summed E-state index contributed by atoms with van der Waals surface area (Å²) in [5.74, 6) is -0.530. The van der Waals surface area contributed by atoms with Gasteiger partial charge in [0.1, 0.15) is 23.1 Å². The van der Waals surface area contributed by atoms with E-state index < -0.39 is 40.9 Å². The molecule has 1 aromatic carbocycles. The van der Waals surface area contributed by atoms with Gasteiger partial charge in [0.25, 0.3) is 0 Å². The number of pyridine rings is 1. The number of hydrogen-bond donors (Lipinski definition) is 1. The molecule has 0 aliphatic carbocycles. The number of benzene rings is 1. The lowest BCUT2D eigenvalue weighted by Gasteiger charge is -2.36. The Kier molecular flexibility index (Phi) is 11.3. The lowest BCUT2D eigenvalue weighted by molar-refractivity contribution is 0.0426. The minimum atomic E-state index is -0.987. The first-order valence-electron chi connectivity index (χ1n) is 17.7. The van der Waals surface area contributed by atoms with Crippen LogP contribution in [0.3, 0.4) is 0 Å². The van der Waals surface area contributed by atoms with Crippen molar-refractivity contribution in [1.82, 2.24) is 29.8 Å². The third-order valence-electron chi connectivity index (χ3n) is 7.98. The first kappa shape index (κ1) is 39.7. The van der Waals surface area contributed by atoms with Crippen molar-refractivity contribution in [2.45, 2.75) is 105 Å². The zero-order valence-corrected chi connectivity index (χ0v) is 32.5. The Morgan fingerprint density at radius 2 is 1.57 bits per heavy atom. The van der Waals surface area contributed by atoms with E-state index in [9.17, 15) is 18.8 Å². The van der Waals surface area contributed by atoms with Crippen LogP contribution < -0.4 is 19.9 Å². The number of halogens is 1. The highest BCUT2D eigenvalue weighted by molar-refractivity contribution is 6.12. The number of imide groups is 1. The third kappa shape index (κ3) is 9.90. The van der Waals surface area contributed by atoms with Crippen LogP contribution >= 0.6 is 0 Å². The van der Waals surface area contributed by atoms with E-state index in [1.807, 2.05) is 26.8 Å². The molecule has 5 rings (SSSR count). The molecule has 16 heteroatoms. The molecule has 3 aromatic heterocycles. The monoisotopic (exact) mass is 748 g/mol. The number of hydrogen-bond acceptors (Lipinski definition) is 12. The molecule has 1 saturated heterocycles. The fraction of sp³-hybridized carbons (Fsp3) is 0.500. The first-order valence-corrected chi connectivity index (χ1v) is 17.7. The molecule has 15 nitrogen and oxygen atoms in total. The van der Waals surface area contributed by atoms with Crippen molar-refractivity contribution in [1.29, 1.82) is 0 Å². The van der Waals surface area contributed by atoms with Crippen molar-refractivity contribution in [2.75, 3.05) is 30.0 Å². The number of alkyl carbamates (subject to hydrolysis) is 1. The highest BCUT2D eigenvalue weighted by Gasteiger charge is 2.36. The van der Waals surface area contributed by atoms with Crippen LogP contribution in [0, 0.1) is 5.82 Å². The average Bonchev–Trinajstić information content (AvgIpc) is 3.45. The molecule has 1 N–H and O–H groups in total. The van der Waals surface area contributed by atoms with Gasteiger partial charge >= 0.3 is 18.3 Å². The Bertz CT molecular complexity index is 1990. The summed E-state index contributed by atoms with van der Waals surface area (Å²) < 4.78 is 38.3. The van der Waals surface area contributed by atoms with Gasteiger partial charge in [-0.15, -0.1) is 0 Å². The smallest absolute Gasteiger partial charge is 0.425 e. The van der Waals surface area contributed by atoms with Gasteiger partial charge < -0.3 is 33.7 Å². The predicted molar refractivity (Wildman–Crippen MR) is 200 cm³/mol. The van der Waals surface area contributed by atoms with Crippen molar-refractivity contribution in [3.8, 4) is 17.0 Å². The number of rotatable bonds is 7. The summed E-state index contributed by atoms with van der Waals surface area (Å²) in [6.07, 6.45) is 3.59. The molecule has 0 radical (unpaired) electrons. The van der Waals surface area contributed by atoms with E-state index in [0.29, 0.717) is 30.0 Å². The Morgan fingerprint density at radius 3 is 2.19 bits per heavy atom. The second-order valence-electron chi connectivity index (χ2n) is 16.0. The minimum absolute atomic E-state index is 0.111. The first-order chi connectivity index (χ1) is 25.2. The number of carbonyl (C=O) groups excluding carboxylic acids is 3. The molecule has 4 aromatic rings. The lowest BCUT2D eigenvalue weighted by atomic mass is 10.0. The molecule has 0 spiro atoms. The van der Waals surface area contributed by atoms with Gasteiger partial charge in [-0.2, -0.15) is 4.90 Å². The van der Waals surface area contributed by atoms with Crippen LogP contribution in [0.25, 0.3) is 22.4 Å². The van der Waals surface area contributed by atoms with Gasteiger partial charge in [0, 0.05) is 24.7 Å².